The van der Waals surface area contributed by atoms with E-state index in [0.717, 1.165) is 0 Å². The monoisotopic (exact) mass is 365 g/mol. The smallest absolute Gasteiger partial charge is 0.335 e. The Labute approximate surface area is 146 Å². The van der Waals surface area contributed by atoms with Crippen molar-refractivity contribution in [2.45, 2.75) is 18.7 Å². The number of carbonyl (C=O) groups is 1. The Bertz CT molecular complexity index is 921. The third kappa shape index (κ3) is 3.85. The summed E-state index contributed by atoms with van der Waals surface area (Å²) in [6, 6.07) is 7.13. The topological polar surface area (TPSA) is 102 Å². The molecular weight excluding hydrogens is 346 g/mol. The van der Waals surface area contributed by atoms with Gasteiger partial charge >= 0.3 is 5.97 Å². The average molecular weight is 365 g/mol. The molecule has 2 rings (SSSR count). The molecule has 0 aliphatic rings. The molecule has 0 saturated carbocycles. The number of carboxylic acid groups (broad SMARTS) is 1. The van der Waals surface area contributed by atoms with Crippen molar-refractivity contribution >= 4 is 21.7 Å². The summed E-state index contributed by atoms with van der Waals surface area (Å²) in [6.07, 6.45) is 0. The summed E-state index contributed by atoms with van der Waals surface area (Å²) in [5.74, 6) is -0.347. The first kappa shape index (κ1) is 18.6. The number of rotatable bonds is 6. The van der Waals surface area contributed by atoms with Crippen LogP contribution in [-0.2, 0) is 10.0 Å². The second-order valence-corrected chi connectivity index (χ2v) is 7.06. The molecule has 0 aliphatic heterocycles. The Hall–Kier alpha value is -2.74. The number of carboxylic acids is 1. The molecule has 0 atom stereocenters. The molecule has 0 amide bonds. The highest BCUT2D eigenvalue weighted by Gasteiger charge is 2.21. The molecule has 0 radical (unpaired) electrons. The first-order valence-corrected chi connectivity index (χ1v) is 8.77. The van der Waals surface area contributed by atoms with Crippen LogP contribution < -0.4 is 14.2 Å². The maximum Gasteiger partial charge on any atom is 0.335 e. The number of aryl methyl sites for hydroxylation is 2. The molecule has 134 valence electrons. The van der Waals surface area contributed by atoms with E-state index in [1.807, 2.05) is 0 Å². The van der Waals surface area contributed by atoms with Gasteiger partial charge in [-0.1, -0.05) is 0 Å². The Morgan fingerprint density at radius 3 is 2.12 bits per heavy atom. The summed E-state index contributed by atoms with van der Waals surface area (Å²) < 4.78 is 38.3. The van der Waals surface area contributed by atoms with Crippen LogP contribution in [0.4, 0.5) is 5.69 Å². The van der Waals surface area contributed by atoms with Crippen LogP contribution in [0.25, 0.3) is 0 Å². The van der Waals surface area contributed by atoms with Gasteiger partial charge in [-0.05, 0) is 49.2 Å². The predicted molar refractivity (Wildman–Crippen MR) is 93.2 cm³/mol. The predicted octanol–water partition coefficient (Wildman–Crippen LogP) is 2.82. The van der Waals surface area contributed by atoms with Crippen molar-refractivity contribution in [3.8, 4) is 11.5 Å². The fourth-order valence-corrected chi connectivity index (χ4v) is 3.74. The summed E-state index contributed by atoms with van der Waals surface area (Å²) in [6.45, 7) is 3.28. The van der Waals surface area contributed by atoms with Crippen molar-refractivity contribution in [3.05, 3.63) is 47.0 Å². The van der Waals surface area contributed by atoms with Crippen LogP contribution in [0.15, 0.2) is 35.2 Å². The van der Waals surface area contributed by atoms with Crippen molar-refractivity contribution in [2.75, 3.05) is 18.9 Å². The lowest BCUT2D eigenvalue weighted by atomic mass is 10.1. The molecule has 0 bridgehead atoms. The summed E-state index contributed by atoms with van der Waals surface area (Å²) in [4.78, 5) is 11.0. The van der Waals surface area contributed by atoms with Gasteiger partial charge in [0.1, 0.15) is 0 Å². The van der Waals surface area contributed by atoms with Gasteiger partial charge in [-0.3, -0.25) is 4.72 Å². The highest BCUT2D eigenvalue weighted by Crippen LogP contribution is 2.33. The van der Waals surface area contributed by atoms with E-state index in [1.54, 1.807) is 19.9 Å². The van der Waals surface area contributed by atoms with E-state index in [4.69, 9.17) is 14.6 Å². The van der Waals surface area contributed by atoms with Crippen LogP contribution in [0.1, 0.15) is 21.5 Å². The van der Waals surface area contributed by atoms with E-state index in [1.165, 1.54) is 38.5 Å². The average Bonchev–Trinajstić information content (AvgIpc) is 2.55. The van der Waals surface area contributed by atoms with Gasteiger partial charge in [-0.2, -0.15) is 0 Å². The van der Waals surface area contributed by atoms with Crippen molar-refractivity contribution in [1.82, 2.24) is 0 Å². The maximum absolute atomic E-state index is 12.7. The van der Waals surface area contributed by atoms with Gasteiger partial charge in [-0.25, -0.2) is 13.2 Å². The fraction of sp³-hybridized carbons (Fsp3) is 0.235. The van der Waals surface area contributed by atoms with Crippen LogP contribution in [0.3, 0.4) is 0 Å². The molecule has 0 heterocycles. The second-order valence-electron chi connectivity index (χ2n) is 5.41. The Kier molecular flexibility index (Phi) is 5.22. The standard InChI is InChI=1S/C17H19NO6S/c1-10-7-12(17(19)20)5-6-13(10)18-25(21,22)16-9-15(24-4)14(23-3)8-11(16)2/h5-9,18H,1-4H3,(H,19,20). The van der Waals surface area contributed by atoms with E-state index in [2.05, 4.69) is 4.72 Å². The molecule has 0 unspecified atom stereocenters. The van der Waals surface area contributed by atoms with E-state index in [0.29, 0.717) is 28.3 Å². The van der Waals surface area contributed by atoms with Crippen molar-refractivity contribution in [2.24, 2.45) is 0 Å². The van der Waals surface area contributed by atoms with Crippen LogP contribution >= 0.6 is 0 Å². The van der Waals surface area contributed by atoms with Gasteiger partial charge in [0.25, 0.3) is 10.0 Å². The minimum atomic E-state index is -3.89. The van der Waals surface area contributed by atoms with E-state index < -0.39 is 16.0 Å². The van der Waals surface area contributed by atoms with Gasteiger partial charge in [0.05, 0.1) is 30.4 Å². The van der Waals surface area contributed by atoms with E-state index >= 15 is 0 Å². The van der Waals surface area contributed by atoms with Crippen molar-refractivity contribution in [3.63, 3.8) is 0 Å². The number of benzene rings is 2. The van der Waals surface area contributed by atoms with Crippen LogP contribution in [0.5, 0.6) is 11.5 Å². The molecule has 0 aromatic heterocycles. The van der Waals surface area contributed by atoms with E-state index in [-0.39, 0.29) is 10.5 Å². The lowest BCUT2D eigenvalue weighted by Crippen LogP contribution is -2.15. The maximum atomic E-state index is 12.7. The Balaban J connectivity index is 2.45. The lowest BCUT2D eigenvalue weighted by molar-refractivity contribution is 0.0697. The first-order chi connectivity index (χ1) is 11.7. The van der Waals surface area contributed by atoms with Gasteiger partial charge < -0.3 is 14.6 Å². The highest BCUT2D eigenvalue weighted by atomic mass is 32.2. The lowest BCUT2D eigenvalue weighted by Gasteiger charge is -2.15. The number of methoxy groups -OCH3 is 2. The van der Waals surface area contributed by atoms with Gasteiger partial charge in [-0.15, -0.1) is 0 Å². The van der Waals surface area contributed by atoms with Crippen LogP contribution in [0, 0.1) is 13.8 Å². The first-order valence-electron chi connectivity index (χ1n) is 7.29. The fourth-order valence-electron chi connectivity index (χ4n) is 2.36. The molecule has 0 aliphatic carbocycles. The summed E-state index contributed by atoms with van der Waals surface area (Å²) >= 11 is 0. The molecule has 0 fully saturated rings. The minimum absolute atomic E-state index is 0.0480. The van der Waals surface area contributed by atoms with Gasteiger partial charge in [0.2, 0.25) is 0 Å². The Morgan fingerprint density at radius 2 is 1.60 bits per heavy atom. The third-order valence-electron chi connectivity index (χ3n) is 3.69. The molecule has 8 heteroatoms. The highest BCUT2D eigenvalue weighted by molar-refractivity contribution is 7.92. The van der Waals surface area contributed by atoms with Crippen LogP contribution in [-0.4, -0.2) is 33.7 Å². The summed E-state index contributed by atoms with van der Waals surface area (Å²) in [5, 5.41) is 8.99. The largest absolute Gasteiger partial charge is 0.493 e. The molecule has 2 aromatic rings. The van der Waals surface area contributed by atoms with Crippen molar-refractivity contribution < 1.29 is 27.8 Å². The number of hydrogen-bond acceptors (Lipinski definition) is 5. The molecule has 0 saturated heterocycles. The number of nitrogens with one attached hydrogen (secondary N) is 1. The summed E-state index contributed by atoms with van der Waals surface area (Å²) in [5.41, 5.74) is 1.38. The molecule has 7 nitrogen and oxygen atoms in total. The number of sulfonamides is 1. The number of aromatic carboxylic acids is 1. The summed E-state index contributed by atoms with van der Waals surface area (Å²) in [7, 11) is -0.998. The third-order valence-corrected chi connectivity index (χ3v) is 5.20. The molecular formula is C17H19NO6S. The normalized spacial score (nSPS) is 11.0. The Morgan fingerprint density at radius 1 is 1.00 bits per heavy atom. The zero-order valence-corrected chi connectivity index (χ0v) is 15.1. The zero-order valence-electron chi connectivity index (χ0n) is 14.3. The SMILES string of the molecule is COc1cc(C)c(S(=O)(=O)Nc2ccc(C(=O)O)cc2C)cc1OC. The van der Waals surface area contributed by atoms with E-state index in [9.17, 15) is 13.2 Å². The van der Waals surface area contributed by atoms with Gasteiger partial charge in [0.15, 0.2) is 11.5 Å². The van der Waals surface area contributed by atoms with Gasteiger partial charge in [0, 0.05) is 6.07 Å². The quantitative estimate of drug-likeness (QED) is 0.816. The molecule has 0 spiro atoms. The second kappa shape index (κ2) is 7.02. The van der Waals surface area contributed by atoms with Crippen LogP contribution in [0.2, 0.25) is 0 Å². The zero-order chi connectivity index (χ0) is 18.8. The molecule has 2 aromatic carbocycles. The van der Waals surface area contributed by atoms with Crippen molar-refractivity contribution in [1.29, 1.82) is 0 Å². The minimum Gasteiger partial charge on any atom is -0.493 e. The number of ether oxygens (including phenoxy) is 2. The number of hydrogen-bond donors (Lipinski definition) is 2. The molecule has 2 N–H and O–H groups in total. The molecule has 25 heavy (non-hydrogen) atoms. The number of anilines is 1.